The van der Waals surface area contributed by atoms with Gasteiger partial charge >= 0.3 is 0 Å². The van der Waals surface area contributed by atoms with Crippen LogP contribution in [0, 0.1) is 0 Å². The summed E-state index contributed by atoms with van der Waals surface area (Å²) in [6.45, 7) is 4.43. The maximum atomic E-state index is 11.8. The fraction of sp³-hybridized carbons (Fsp3) is 0.267. The molecule has 3 nitrogen and oxygen atoms in total. The summed E-state index contributed by atoms with van der Waals surface area (Å²) < 4.78 is 5.11. The van der Waals surface area contributed by atoms with E-state index in [1.54, 1.807) is 12.0 Å². The second kappa shape index (κ2) is 5.08. The van der Waals surface area contributed by atoms with Crippen molar-refractivity contribution in [3.05, 3.63) is 53.3 Å². The van der Waals surface area contributed by atoms with E-state index in [-0.39, 0.29) is 5.91 Å². The Morgan fingerprint density at radius 2 is 1.94 bits per heavy atom. The van der Waals surface area contributed by atoms with E-state index < -0.39 is 0 Å². The number of nitrogens with zero attached hydrogens (tertiary/aromatic N) is 1. The lowest BCUT2D eigenvalue weighted by Gasteiger charge is -2.33. The van der Waals surface area contributed by atoms with Crippen LogP contribution in [-0.2, 0) is 11.3 Å². The molecule has 1 aromatic rings. The zero-order chi connectivity index (χ0) is 13.1. The number of allylic oxidation sites excluding steroid dienone is 2. The van der Waals surface area contributed by atoms with Crippen molar-refractivity contribution in [3.8, 4) is 5.75 Å². The molecule has 3 heteroatoms. The van der Waals surface area contributed by atoms with Crippen molar-refractivity contribution in [3.63, 3.8) is 0 Å². The Hall–Kier alpha value is -2.03. The van der Waals surface area contributed by atoms with Gasteiger partial charge in [0, 0.05) is 5.57 Å². The van der Waals surface area contributed by atoms with Crippen molar-refractivity contribution in [1.29, 1.82) is 0 Å². The van der Waals surface area contributed by atoms with E-state index >= 15 is 0 Å². The van der Waals surface area contributed by atoms with Gasteiger partial charge in [-0.05, 0) is 37.6 Å². The minimum absolute atomic E-state index is 0.110. The SMILES string of the molecule is C/C=C\C1=C(C)C(=O)N1Cc1ccc(OC)cc1. The van der Waals surface area contributed by atoms with E-state index in [0.29, 0.717) is 6.54 Å². The minimum atomic E-state index is 0.110. The van der Waals surface area contributed by atoms with Gasteiger partial charge in [-0.3, -0.25) is 4.79 Å². The van der Waals surface area contributed by atoms with Crippen molar-refractivity contribution in [2.75, 3.05) is 7.11 Å². The standard InChI is InChI=1S/C15H17NO2/c1-4-5-14-11(2)15(17)16(14)10-12-6-8-13(18-3)9-7-12/h4-9H,10H2,1-3H3/b5-4-. The highest BCUT2D eigenvalue weighted by molar-refractivity contribution is 6.02. The molecule has 0 saturated carbocycles. The zero-order valence-electron chi connectivity index (χ0n) is 10.9. The third-order valence-corrected chi connectivity index (χ3v) is 3.07. The first-order chi connectivity index (χ1) is 8.67. The Morgan fingerprint density at radius 1 is 1.28 bits per heavy atom. The normalized spacial score (nSPS) is 15.3. The topological polar surface area (TPSA) is 29.5 Å². The van der Waals surface area contributed by atoms with Crippen LogP contribution in [0.5, 0.6) is 5.75 Å². The monoisotopic (exact) mass is 243 g/mol. The van der Waals surface area contributed by atoms with Gasteiger partial charge in [0.05, 0.1) is 19.4 Å². The number of hydrogen-bond acceptors (Lipinski definition) is 2. The Kier molecular flexibility index (Phi) is 3.51. The summed E-state index contributed by atoms with van der Waals surface area (Å²) in [7, 11) is 1.64. The van der Waals surface area contributed by atoms with Crippen molar-refractivity contribution < 1.29 is 9.53 Å². The largest absolute Gasteiger partial charge is 0.497 e. The molecule has 0 unspecified atom stereocenters. The molecule has 18 heavy (non-hydrogen) atoms. The highest BCUT2D eigenvalue weighted by Crippen LogP contribution is 2.28. The Bertz CT molecular complexity index is 512. The van der Waals surface area contributed by atoms with Gasteiger partial charge in [0.15, 0.2) is 0 Å². The number of carbonyl (C=O) groups excluding carboxylic acids is 1. The van der Waals surface area contributed by atoms with E-state index in [0.717, 1.165) is 22.6 Å². The number of hydrogen-bond donors (Lipinski definition) is 0. The van der Waals surface area contributed by atoms with E-state index in [9.17, 15) is 4.79 Å². The van der Waals surface area contributed by atoms with Gasteiger partial charge in [-0.15, -0.1) is 0 Å². The van der Waals surface area contributed by atoms with Crippen LogP contribution >= 0.6 is 0 Å². The highest BCUT2D eigenvalue weighted by atomic mass is 16.5. The predicted octanol–water partition coefficient (Wildman–Crippen LogP) is 2.89. The molecule has 0 bridgehead atoms. The van der Waals surface area contributed by atoms with Gasteiger partial charge in [0.1, 0.15) is 5.75 Å². The number of methoxy groups -OCH3 is 1. The molecule has 0 spiro atoms. The van der Waals surface area contributed by atoms with Crippen LogP contribution in [0.15, 0.2) is 47.7 Å². The molecule has 1 aliphatic rings. The van der Waals surface area contributed by atoms with E-state index in [2.05, 4.69) is 0 Å². The lowest BCUT2D eigenvalue weighted by Crippen LogP contribution is -2.40. The average Bonchev–Trinajstić information content (AvgIpc) is 2.43. The molecule has 0 aliphatic carbocycles. The minimum Gasteiger partial charge on any atom is -0.497 e. The predicted molar refractivity (Wildman–Crippen MR) is 71.1 cm³/mol. The van der Waals surface area contributed by atoms with Gasteiger partial charge in [-0.25, -0.2) is 0 Å². The number of rotatable bonds is 4. The summed E-state index contributed by atoms with van der Waals surface area (Å²) in [4.78, 5) is 13.6. The van der Waals surface area contributed by atoms with Crippen LogP contribution in [0.3, 0.4) is 0 Å². The van der Waals surface area contributed by atoms with Crippen molar-refractivity contribution in [2.24, 2.45) is 0 Å². The Morgan fingerprint density at radius 3 is 2.50 bits per heavy atom. The highest BCUT2D eigenvalue weighted by Gasteiger charge is 2.30. The first-order valence-electron chi connectivity index (χ1n) is 5.95. The summed E-state index contributed by atoms with van der Waals surface area (Å²) in [5, 5.41) is 0. The number of ether oxygens (including phenoxy) is 1. The zero-order valence-corrected chi connectivity index (χ0v) is 10.9. The maximum Gasteiger partial charge on any atom is 0.256 e. The molecule has 0 aromatic heterocycles. The van der Waals surface area contributed by atoms with E-state index in [1.807, 2.05) is 50.3 Å². The van der Waals surface area contributed by atoms with Crippen LogP contribution in [0.1, 0.15) is 19.4 Å². The summed E-state index contributed by atoms with van der Waals surface area (Å²) in [5.74, 6) is 0.938. The van der Waals surface area contributed by atoms with Crippen molar-refractivity contribution in [2.45, 2.75) is 20.4 Å². The molecular formula is C15H17NO2. The second-order valence-electron chi connectivity index (χ2n) is 4.25. The lowest BCUT2D eigenvalue weighted by atomic mass is 10.0. The summed E-state index contributed by atoms with van der Waals surface area (Å²) in [6, 6.07) is 7.77. The fourth-order valence-electron chi connectivity index (χ4n) is 2.01. The number of benzene rings is 1. The van der Waals surface area contributed by atoms with Crippen molar-refractivity contribution >= 4 is 5.91 Å². The number of amides is 1. The summed E-state index contributed by atoms with van der Waals surface area (Å²) >= 11 is 0. The molecular weight excluding hydrogens is 226 g/mol. The molecule has 1 amide bonds. The lowest BCUT2D eigenvalue weighted by molar-refractivity contribution is -0.129. The summed E-state index contributed by atoms with van der Waals surface area (Å²) in [5.41, 5.74) is 2.94. The number of carbonyl (C=O) groups is 1. The van der Waals surface area contributed by atoms with E-state index in [4.69, 9.17) is 4.74 Å². The molecule has 1 aromatic carbocycles. The van der Waals surface area contributed by atoms with Crippen LogP contribution in [0.4, 0.5) is 0 Å². The molecule has 0 fully saturated rings. The van der Waals surface area contributed by atoms with Gasteiger partial charge in [0.25, 0.3) is 5.91 Å². The van der Waals surface area contributed by atoms with Crippen LogP contribution in [-0.4, -0.2) is 17.9 Å². The molecule has 0 radical (unpaired) electrons. The van der Waals surface area contributed by atoms with Gasteiger partial charge in [0.2, 0.25) is 0 Å². The quantitative estimate of drug-likeness (QED) is 0.813. The van der Waals surface area contributed by atoms with Crippen LogP contribution in [0.25, 0.3) is 0 Å². The molecule has 2 rings (SSSR count). The molecule has 0 N–H and O–H groups in total. The molecule has 0 atom stereocenters. The third-order valence-electron chi connectivity index (χ3n) is 3.07. The van der Waals surface area contributed by atoms with Crippen molar-refractivity contribution in [1.82, 2.24) is 4.90 Å². The van der Waals surface area contributed by atoms with Crippen LogP contribution < -0.4 is 4.74 Å². The average molecular weight is 243 g/mol. The fourth-order valence-corrected chi connectivity index (χ4v) is 2.01. The van der Waals surface area contributed by atoms with Gasteiger partial charge in [-0.2, -0.15) is 0 Å². The maximum absolute atomic E-state index is 11.8. The molecule has 94 valence electrons. The van der Waals surface area contributed by atoms with Crippen LogP contribution in [0.2, 0.25) is 0 Å². The van der Waals surface area contributed by atoms with Gasteiger partial charge in [-0.1, -0.05) is 18.2 Å². The van der Waals surface area contributed by atoms with Gasteiger partial charge < -0.3 is 9.64 Å². The first-order valence-corrected chi connectivity index (χ1v) is 5.95. The smallest absolute Gasteiger partial charge is 0.256 e. The Balaban J connectivity index is 2.12. The second-order valence-corrected chi connectivity index (χ2v) is 4.25. The molecule has 1 heterocycles. The van der Waals surface area contributed by atoms with E-state index in [1.165, 1.54) is 0 Å². The molecule has 1 aliphatic heterocycles. The first kappa shape index (κ1) is 12.4. The Labute approximate surface area is 107 Å². The molecule has 0 saturated heterocycles. The summed E-state index contributed by atoms with van der Waals surface area (Å²) in [6.07, 6.45) is 3.92. The third kappa shape index (κ3) is 2.16.